The summed E-state index contributed by atoms with van der Waals surface area (Å²) < 4.78 is 27.8. The van der Waals surface area contributed by atoms with E-state index in [1.165, 1.54) is 7.11 Å². The highest BCUT2D eigenvalue weighted by Gasteiger charge is 2.67. The van der Waals surface area contributed by atoms with Crippen LogP contribution in [0.25, 0.3) is 0 Å². The summed E-state index contributed by atoms with van der Waals surface area (Å²) in [6.45, 7) is 5.62. The van der Waals surface area contributed by atoms with Crippen LogP contribution >= 0.6 is 0 Å². The summed E-state index contributed by atoms with van der Waals surface area (Å²) in [5.41, 5.74) is 5.93. The Labute approximate surface area is 275 Å². The zero-order valence-corrected chi connectivity index (χ0v) is 28.5. The predicted molar refractivity (Wildman–Crippen MR) is 178 cm³/mol. The number of halogens is 1. The molecule has 47 heavy (non-hydrogen) atoms. The molecule has 3 heterocycles. The molecule has 11 nitrogen and oxygen atoms in total. The number of carbonyl (C=O) groups is 4. The number of nitrogens with zero attached hydrogens (tertiary/aromatic N) is 2. The normalized spacial score (nSPS) is 25.4. The number of nitrogens with two attached hydrogens (primary N) is 1. The van der Waals surface area contributed by atoms with E-state index in [0.29, 0.717) is 54.0 Å². The molecule has 3 aliphatic rings. The number of methoxy groups -OCH3 is 1. The molecule has 2 saturated heterocycles. The number of anilines is 3. The second-order valence-corrected chi connectivity index (χ2v) is 17.1. The van der Waals surface area contributed by atoms with Crippen LogP contribution in [-0.4, -0.2) is 81.1 Å². The lowest BCUT2D eigenvalue weighted by atomic mass is 9.82. The van der Waals surface area contributed by atoms with Gasteiger partial charge in [0, 0.05) is 53.5 Å². The van der Waals surface area contributed by atoms with Gasteiger partial charge in [-0.25, -0.2) is 0 Å². The number of unbranched alkanes of at least 4 members (excludes halogenated alkanes) is 1. The molecular weight excluding hydrogens is 623 g/mol. The molecule has 1 spiro atoms. The highest BCUT2D eigenvalue weighted by atomic mass is 28.4. The number of carbonyl (C=O) groups excluding carboxylic acids is 4. The van der Waals surface area contributed by atoms with Crippen LogP contribution in [-0.2, 0) is 29.5 Å². The van der Waals surface area contributed by atoms with Crippen molar-refractivity contribution in [3.63, 3.8) is 0 Å². The first-order chi connectivity index (χ1) is 22.3. The van der Waals surface area contributed by atoms with Crippen LogP contribution in [0.15, 0.2) is 42.5 Å². The number of esters is 1. The molecule has 2 aromatic rings. The van der Waals surface area contributed by atoms with Crippen molar-refractivity contribution in [2.24, 2.45) is 5.92 Å². The standard InChI is InChI=1S/C34H45FN4O7Si/c1-21-31(47(3,4)35)28(19-29(41)38-17-7-8-25(38)20-40)46-34(21)26-18-24(37-32(43)22-10-12-23(36)13-11-22)14-15-27(26)39(33(34)44)16-6-5-9-30(42)45-2/h10-15,18,21,25,28,31,40H,5-9,16-17,19-20,36H2,1-4H3,(H,37,43)/t21-,25-,28+,31-,34+/m0/s1. The van der Waals surface area contributed by atoms with Gasteiger partial charge in [-0.2, -0.15) is 0 Å². The Balaban J connectivity index is 1.50. The van der Waals surface area contributed by atoms with Gasteiger partial charge in [0.2, 0.25) is 14.3 Å². The number of hydrogen-bond donors (Lipinski definition) is 3. The summed E-state index contributed by atoms with van der Waals surface area (Å²) in [6.07, 6.45) is 1.71. The molecule has 4 N–H and O–H groups in total. The first-order valence-corrected chi connectivity index (χ1v) is 19.2. The molecule has 0 unspecified atom stereocenters. The highest BCUT2D eigenvalue weighted by molar-refractivity contribution is 6.72. The number of ether oxygens (including phenoxy) is 2. The molecular formula is C34H45FN4O7Si. The van der Waals surface area contributed by atoms with Gasteiger partial charge in [-0.3, -0.25) is 19.2 Å². The Morgan fingerprint density at radius 2 is 1.89 bits per heavy atom. The number of benzene rings is 2. The zero-order chi connectivity index (χ0) is 34.1. The molecule has 5 atom stereocenters. The third kappa shape index (κ3) is 6.65. The second-order valence-electron chi connectivity index (χ2n) is 13.3. The molecule has 0 aromatic heterocycles. The molecule has 13 heteroatoms. The Hall–Kier alpha value is -3.81. The summed E-state index contributed by atoms with van der Waals surface area (Å²) in [5, 5.41) is 12.7. The largest absolute Gasteiger partial charge is 0.469 e. The number of hydrogen-bond acceptors (Lipinski definition) is 8. The summed E-state index contributed by atoms with van der Waals surface area (Å²) in [5.74, 6) is -1.92. The quantitative estimate of drug-likeness (QED) is 0.105. The van der Waals surface area contributed by atoms with E-state index >= 15 is 4.11 Å². The fourth-order valence-corrected chi connectivity index (χ4v) is 10.2. The number of amides is 3. The van der Waals surface area contributed by atoms with Crippen molar-refractivity contribution < 1.29 is 37.9 Å². The Kier molecular flexibility index (Phi) is 10.1. The molecule has 0 radical (unpaired) electrons. The van der Waals surface area contributed by atoms with Gasteiger partial charge in [0.1, 0.15) is 0 Å². The molecule has 0 saturated carbocycles. The average molecular weight is 669 g/mol. The molecule has 2 aromatic carbocycles. The van der Waals surface area contributed by atoms with Crippen LogP contribution in [0, 0.1) is 5.92 Å². The fraction of sp³-hybridized carbons (Fsp3) is 0.529. The van der Waals surface area contributed by atoms with Crippen molar-refractivity contribution in [1.29, 1.82) is 0 Å². The third-order valence-corrected chi connectivity index (χ3v) is 12.4. The molecule has 0 bridgehead atoms. The number of nitrogens with one attached hydrogen (secondary N) is 1. The lowest BCUT2D eigenvalue weighted by molar-refractivity contribution is -0.150. The molecule has 2 fully saturated rings. The van der Waals surface area contributed by atoms with Gasteiger partial charge in [0.05, 0.1) is 38.0 Å². The average Bonchev–Trinajstić information content (AvgIpc) is 3.69. The summed E-state index contributed by atoms with van der Waals surface area (Å²) >= 11 is 0. The molecule has 5 rings (SSSR count). The minimum absolute atomic E-state index is 0.108. The topological polar surface area (TPSA) is 152 Å². The van der Waals surface area contributed by atoms with Crippen molar-refractivity contribution in [3.8, 4) is 0 Å². The fourth-order valence-electron chi connectivity index (χ4n) is 7.67. The number of aliphatic hydroxyl groups excluding tert-OH is 1. The van der Waals surface area contributed by atoms with Crippen LogP contribution in [0.2, 0.25) is 18.6 Å². The van der Waals surface area contributed by atoms with Crippen molar-refractivity contribution in [1.82, 2.24) is 4.90 Å². The van der Waals surface area contributed by atoms with Crippen LogP contribution in [0.4, 0.5) is 21.2 Å². The maximum Gasteiger partial charge on any atom is 0.305 e. The molecule has 0 aliphatic carbocycles. The van der Waals surface area contributed by atoms with E-state index < -0.39 is 31.6 Å². The Morgan fingerprint density at radius 1 is 1.17 bits per heavy atom. The molecule has 3 aliphatic heterocycles. The number of likely N-dealkylation sites (tertiary alicyclic amines) is 1. The lowest BCUT2D eigenvalue weighted by Crippen LogP contribution is -2.45. The maximum atomic E-state index is 16.3. The summed E-state index contributed by atoms with van der Waals surface area (Å²) in [4.78, 5) is 56.3. The zero-order valence-electron chi connectivity index (χ0n) is 27.5. The van der Waals surface area contributed by atoms with Crippen molar-refractivity contribution >= 4 is 49.2 Å². The van der Waals surface area contributed by atoms with E-state index in [-0.39, 0.29) is 55.7 Å². The third-order valence-electron chi connectivity index (χ3n) is 9.92. The minimum Gasteiger partial charge on any atom is -0.469 e. The van der Waals surface area contributed by atoms with Crippen molar-refractivity contribution in [2.75, 3.05) is 42.8 Å². The van der Waals surface area contributed by atoms with Gasteiger partial charge in [0.15, 0.2) is 5.60 Å². The molecule has 254 valence electrons. The van der Waals surface area contributed by atoms with E-state index in [0.717, 1.165) is 6.42 Å². The number of aliphatic hydroxyl groups is 1. The smallest absolute Gasteiger partial charge is 0.305 e. The van der Waals surface area contributed by atoms with E-state index in [4.69, 9.17) is 15.2 Å². The van der Waals surface area contributed by atoms with E-state index in [9.17, 15) is 24.3 Å². The number of fused-ring (bicyclic) bond motifs is 2. The summed E-state index contributed by atoms with van der Waals surface area (Å²) in [7, 11) is -2.20. The van der Waals surface area contributed by atoms with Crippen LogP contribution < -0.4 is 16.0 Å². The summed E-state index contributed by atoms with van der Waals surface area (Å²) in [6, 6.07) is 11.4. The molecule has 3 amide bonds. The van der Waals surface area contributed by atoms with Gasteiger partial charge in [-0.15, -0.1) is 0 Å². The van der Waals surface area contributed by atoms with Gasteiger partial charge < -0.3 is 39.5 Å². The second kappa shape index (κ2) is 13.7. The van der Waals surface area contributed by atoms with Crippen LogP contribution in [0.5, 0.6) is 0 Å². The highest BCUT2D eigenvalue weighted by Crippen LogP contribution is 2.60. The van der Waals surface area contributed by atoms with Crippen molar-refractivity contribution in [3.05, 3.63) is 53.6 Å². The van der Waals surface area contributed by atoms with Crippen molar-refractivity contribution in [2.45, 2.75) is 81.8 Å². The van der Waals surface area contributed by atoms with Gasteiger partial charge in [-0.05, 0) is 81.2 Å². The van der Waals surface area contributed by atoms with Gasteiger partial charge in [-0.1, -0.05) is 6.92 Å². The van der Waals surface area contributed by atoms with Crippen LogP contribution in [0.3, 0.4) is 0 Å². The van der Waals surface area contributed by atoms with Gasteiger partial charge >= 0.3 is 5.97 Å². The lowest BCUT2D eigenvalue weighted by Gasteiger charge is -2.31. The Morgan fingerprint density at radius 3 is 2.55 bits per heavy atom. The monoisotopic (exact) mass is 668 g/mol. The first kappa shape index (κ1) is 34.5. The van der Waals surface area contributed by atoms with E-state index in [2.05, 4.69) is 5.32 Å². The number of rotatable bonds is 11. The SMILES string of the molecule is COC(=O)CCCCN1C(=O)[C@]2(O[C@H](CC(=O)N3CCC[C@H]3CO)[C@@H]([Si](C)(C)F)[C@@H]2C)c2cc(NC(=O)c3ccc(N)cc3)ccc21. The number of nitrogen functional groups attached to an aromatic ring is 1. The van der Waals surface area contributed by atoms with E-state index in [1.807, 2.05) is 6.92 Å². The Bertz CT molecular complexity index is 1520. The van der Waals surface area contributed by atoms with E-state index in [1.54, 1.807) is 65.4 Å². The minimum atomic E-state index is -3.53. The van der Waals surface area contributed by atoms with Gasteiger partial charge in [0.25, 0.3) is 11.8 Å². The first-order valence-electron chi connectivity index (χ1n) is 16.3. The maximum absolute atomic E-state index is 16.3. The predicted octanol–water partition coefficient (Wildman–Crippen LogP) is 4.36. The van der Waals surface area contributed by atoms with Crippen LogP contribution in [0.1, 0.15) is 61.4 Å².